The van der Waals surface area contributed by atoms with Gasteiger partial charge in [-0.1, -0.05) is 0 Å². The lowest BCUT2D eigenvalue weighted by molar-refractivity contribution is -0.0341. The van der Waals surface area contributed by atoms with E-state index in [0.29, 0.717) is 0 Å². The summed E-state index contributed by atoms with van der Waals surface area (Å²) in [5.74, 6) is 0. The second-order valence-electron chi connectivity index (χ2n) is 3.62. The quantitative estimate of drug-likeness (QED) is 0.597. The maximum atomic E-state index is 5.43. The molecule has 0 aromatic rings. The molecule has 2 aliphatic heterocycles. The Morgan fingerprint density at radius 2 is 1.62 bits per heavy atom. The van der Waals surface area contributed by atoms with Crippen molar-refractivity contribution in [2.24, 2.45) is 0 Å². The van der Waals surface area contributed by atoms with Gasteiger partial charge in [-0.3, -0.25) is 0 Å². The van der Waals surface area contributed by atoms with Gasteiger partial charge in [-0.25, -0.2) is 10.0 Å². The van der Waals surface area contributed by atoms with Crippen LogP contribution in [0, 0.1) is 0 Å². The maximum absolute atomic E-state index is 5.43. The second-order valence-corrected chi connectivity index (χ2v) is 3.62. The first-order valence-electron chi connectivity index (χ1n) is 5.25. The van der Waals surface area contributed by atoms with Gasteiger partial charge in [-0.2, -0.15) is 0 Å². The minimum atomic E-state index is 0.893. The number of nitrogens with one attached hydrogen (secondary N) is 1. The predicted octanol–water partition coefficient (Wildman–Crippen LogP) is -0.471. The normalized spacial score (nSPS) is 28.6. The van der Waals surface area contributed by atoms with Gasteiger partial charge < -0.3 is 10.1 Å². The molecule has 2 heterocycles. The minimum Gasteiger partial charge on any atom is -0.380 e. The van der Waals surface area contributed by atoms with Crippen LogP contribution in [0.1, 0.15) is 6.42 Å². The second kappa shape index (κ2) is 4.91. The lowest BCUT2D eigenvalue weighted by Crippen LogP contribution is -2.53. The molecular formula is C9H19N3O. The molecule has 0 aliphatic carbocycles. The summed E-state index contributed by atoms with van der Waals surface area (Å²) in [5.41, 5.74) is 0. The molecule has 76 valence electrons. The van der Waals surface area contributed by atoms with Crippen LogP contribution in [0.3, 0.4) is 0 Å². The van der Waals surface area contributed by atoms with Crippen LogP contribution in [-0.2, 0) is 4.74 Å². The van der Waals surface area contributed by atoms with E-state index in [1.807, 2.05) is 0 Å². The molecule has 0 bridgehead atoms. The zero-order valence-electron chi connectivity index (χ0n) is 8.17. The van der Waals surface area contributed by atoms with Gasteiger partial charge in [0.1, 0.15) is 0 Å². The Kier molecular flexibility index (Phi) is 3.55. The number of hydrogen-bond acceptors (Lipinski definition) is 4. The van der Waals surface area contributed by atoms with Gasteiger partial charge in [0.25, 0.3) is 0 Å². The van der Waals surface area contributed by atoms with Gasteiger partial charge >= 0.3 is 0 Å². The summed E-state index contributed by atoms with van der Waals surface area (Å²) in [6.45, 7) is 8.61. The van der Waals surface area contributed by atoms with E-state index in [0.717, 1.165) is 45.9 Å². The molecule has 1 N–H and O–H groups in total. The first-order chi connectivity index (χ1) is 6.47. The van der Waals surface area contributed by atoms with E-state index in [2.05, 4.69) is 15.3 Å². The van der Waals surface area contributed by atoms with E-state index in [1.54, 1.807) is 0 Å². The smallest absolute Gasteiger partial charge is 0.0607 e. The summed E-state index contributed by atoms with van der Waals surface area (Å²) >= 11 is 0. The topological polar surface area (TPSA) is 27.7 Å². The number of piperazine rings is 1. The third-order valence-corrected chi connectivity index (χ3v) is 2.69. The van der Waals surface area contributed by atoms with E-state index >= 15 is 0 Å². The Hall–Kier alpha value is -0.160. The van der Waals surface area contributed by atoms with Crippen LogP contribution in [0.5, 0.6) is 0 Å². The first kappa shape index (κ1) is 9.40. The van der Waals surface area contributed by atoms with Crippen molar-refractivity contribution < 1.29 is 4.74 Å². The monoisotopic (exact) mass is 185 g/mol. The molecular weight excluding hydrogens is 166 g/mol. The molecule has 0 amide bonds. The predicted molar refractivity (Wildman–Crippen MR) is 51.5 cm³/mol. The van der Waals surface area contributed by atoms with Gasteiger partial charge in [0.15, 0.2) is 0 Å². The first-order valence-corrected chi connectivity index (χ1v) is 5.25. The van der Waals surface area contributed by atoms with Crippen molar-refractivity contribution in [3.8, 4) is 0 Å². The van der Waals surface area contributed by atoms with Crippen LogP contribution >= 0.6 is 0 Å². The molecule has 2 aliphatic rings. The Bertz CT molecular complexity index is 140. The average molecular weight is 185 g/mol. The third kappa shape index (κ3) is 2.64. The van der Waals surface area contributed by atoms with Crippen molar-refractivity contribution in [2.75, 3.05) is 52.5 Å². The Morgan fingerprint density at radius 3 is 2.46 bits per heavy atom. The van der Waals surface area contributed by atoms with Gasteiger partial charge in [0, 0.05) is 45.9 Å². The van der Waals surface area contributed by atoms with Crippen molar-refractivity contribution in [1.82, 2.24) is 15.3 Å². The summed E-state index contributed by atoms with van der Waals surface area (Å²) in [7, 11) is 0. The molecule has 0 spiro atoms. The Balaban J connectivity index is 1.82. The van der Waals surface area contributed by atoms with E-state index in [1.165, 1.54) is 13.0 Å². The molecule has 0 unspecified atom stereocenters. The molecule has 0 aromatic heterocycles. The van der Waals surface area contributed by atoms with Crippen molar-refractivity contribution in [3.63, 3.8) is 0 Å². The zero-order chi connectivity index (χ0) is 8.93. The standard InChI is InChI=1S/C9H19N3O/c1-4-11(7-9-13-8-1)12-5-2-10-3-6-12/h10H,1-9H2. The van der Waals surface area contributed by atoms with Crippen molar-refractivity contribution in [2.45, 2.75) is 6.42 Å². The average Bonchev–Trinajstić information content (AvgIpc) is 2.47. The van der Waals surface area contributed by atoms with Gasteiger partial charge in [0.2, 0.25) is 0 Å². The summed E-state index contributed by atoms with van der Waals surface area (Å²) in [5, 5.41) is 8.29. The number of ether oxygens (including phenoxy) is 1. The minimum absolute atomic E-state index is 0.893. The van der Waals surface area contributed by atoms with E-state index in [4.69, 9.17) is 4.74 Å². The number of hydrazine groups is 1. The van der Waals surface area contributed by atoms with Gasteiger partial charge in [-0.15, -0.1) is 0 Å². The third-order valence-electron chi connectivity index (χ3n) is 2.69. The molecule has 0 atom stereocenters. The van der Waals surface area contributed by atoms with Crippen LogP contribution < -0.4 is 5.32 Å². The lowest BCUT2D eigenvalue weighted by Gasteiger charge is -2.36. The fraction of sp³-hybridized carbons (Fsp3) is 1.00. The van der Waals surface area contributed by atoms with E-state index < -0.39 is 0 Å². The van der Waals surface area contributed by atoms with Crippen molar-refractivity contribution in [3.05, 3.63) is 0 Å². The van der Waals surface area contributed by atoms with Crippen LogP contribution in [0.4, 0.5) is 0 Å². The highest BCUT2D eigenvalue weighted by atomic mass is 16.5. The Labute approximate surface area is 79.8 Å². The van der Waals surface area contributed by atoms with Gasteiger partial charge in [0.05, 0.1) is 6.61 Å². The zero-order valence-corrected chi connectivity index (χ0v) is 8.17. The maximum Gasteiger partial charge on any atom is 0.0607 e. The van der Waals surface area contributed by atoms with Crippen molar-refractivity contribution in [1.29, 1.82) is 0 Å². The highest BCUT2D eigenvalue weighted by molar-refractivity contribution is 4.68. The van der Waals surface area contributed by atoms with E-state index in [9.17, 15) is 0 Å². The number of rotatable bonds is 1. The molecule has 0 radical (unpaired) electrons. The van der Waals surface area contributed by atoms with Crippen LogP contribution in [-0.4, -0.2) is 62.5 Å². The molecule has 2 saturated heterocycles. The molecule has 0 saturated carbocycles. The molecule has 2 fully saturated rings. The molecule has 2 rings (SSSR count). The van der Waals surface area contributed by atoms with Crippen molar-refractivity contribution >= 4 is 0 Å². The fourth-order valence-electron chi connectivity index (χ4n) is 1.95. The summed E-state index contributed by atoms with van der Waals surface area (Å²) in [4.78, 5) is 0. The van der Waals surface area contributed by atoms with Crippen LogP contribution in [0.15, 0.2) is 0 Å². The fourth-order valence-corrected chi connectivity index (χ4v) is 1.95. The highest BCUT2D eigenvalue weighted by Crippen LogP contribution is 2.04. The van der Waals surface area contributed by atoms with E-state index in [-0.39, 0.29) is 0 Å². The van der Waals surface area contributed by atoms with Gasteiger partial charge in [-0.05, 0) is 6.42 Å². The summed E-state index contributed by atoms with van der Waals surface area (Å²) in [6.07, 6.45) is 1.17. The molecule has 13 heavy (non-hydrogen) atoms. The highest BCUT2D eigenvalue weighted by Gasteiger charge is 2.18. The number of hydrogen-bond donors (Lipinski definition) is 1. The largest absolute Gasteiger partial charge is 0.380 e. The summed E-state index contributed by atoms with van der Waals surface area (Å²) < 4.78 is 5.43. The lowest BCUT2D eigenvalue weighted by atomic mass is 10.4. The van der Waals surface area contributed by atoms with Crippen LogP contribution in [0.25, 0.3) is 0 Å². The Morgan fingerprint density at radius 1 is 0.846 bits per heavy atom. The SMILES string of the molecule is C1COCCN(N2CCNCC2)C1. The molecule has 4 heteroatoms. The molecule has 4 nitrogen and oxygen atoms in total. The molecule has 0 aromatic carbocycles. The summed E-state index contributed by atoms with van der Waals surface area (Å²) in [6, 6.07) is 0. The number of nitrogens with zero attached hydrogens (tertiary/aromatic N) is 2. The van der Waals surface area contributed by atoms with Crippen LogP contribution in [0.2, 0.25) is 0 Å².